The molecule has 0 atom stereocenters. The Morgan fingerprint density at radius 1 is 1.00 bits per heavy atom. The molecule has 7 nitrogen and oxygen atoms in total. The number of amides is 2. The van der Waals surface area contributed by atoms with Crippen molar-refractivity contribution in [3.05, 3.63) is 92.3 Å². The number of carbonyl (C=O) groups is 3. The highest BCUT2D eigenvalue weighted by Gasteiger charge is 2.34. The Morgan fingerprint density at radius 2 is 1.81 bits per heavy atom. The summed E-state index contributed by atoms with van der Waals surface area (Å²) in [6.07, 6.45) is 1.61. The summed E-state index contributed by atoms with van der Waals surface area (Å²) in [5, 5.41) is -0.354. The van der Waals surface area contributed by atoms with Crippen LogP contribution in [0.1, 0.15) is 27.0 Å². The molecule has 0 spiro atoms. The fourth-order valence-electron chi connectivity index (χ4n) is 3.59. The molecular formula is C28H24BrNO6S. The normalized spacial score (nSPS) is 14.3. The summed E-state index contributed by atoms with van der Waals surface area (Å²) in [5.41, 5.74) is 3.06. The van der Waals surface area contributed by atoms with E-state index >= 15 is 0 Å². The first-order chi connectivity index (χ1) is 17.7. The van der Waals surface area contributed by atoms with E-state index in [-0.39, 0.29) is 35.0 Å². The van der Waals surface area contributed by atoms with Crippen molar-refractivity contribution in [3.63, 3.8) is 0 Å². The lowest BCUT2D eigenvalue weighted by atomic mass is 10.1. The van der Waals surface area contributed by atoms with Crippen LogP contribution in [0.4, 0.5) is 4.79 Å². The molecule has 3 aromatic rings. The molecule has 4 rings (SSSR count). The second-order valence-electron chi connectivity index (χ2n) is 8.26. The zero-order valence-corrected chi connectivity index (χ0v) is 22.9. The lowest BCUT2D eigenvalue weighted by molar-refractivity contribution is -0.123. The number of thioether (sulfide) groups is 1. The van der Waals surface area contributed by atoms with E-state index in [0.29, 0.717) is 16.9 Å². The smallest absolute Gasteiger partial charge is 0.343 e. The fourth-order valence-corrected chi connectivity index (χ4v) is 4.85. The van der Waals surface area contributed by atoms with Crippen molar-refractivity contribution in [2.45, 2.75) is 13.8 Å². The molecule has 0 saturated carbocycles. The predicted molar refractivity (Wildman–Crippen MR) is 146 cm³/mol. The minimum absolute atomic E-state index is 0.142. The number of aryl methyl sites for hydroxylation is 2. The first kappa shape index (κ1) is 26.5. The van der Waals surface area contributed by atoms with E-state index in [4.69, 9.17) is 14.2 Å². The van der Waals surface area contributed by atoms with Crippen LogP contribution in [0.2, 0.25) is 0 Å². The Labute approximate surface area is 227 Å². The van der Waals surface area contributed by atoms with Gasteiger partial charge in [-0.25, -0.2) is 4.79 Å². The number of methoxy groups -OCH3 is 1. The van der Waals surface area contributed by atoms with Gasteiger partial charge in [-0.15, -0.1) is 0 Å². The highest BCUT2D eigenvalue weighted by Crippen LogP contribution is 2.35. The zero-order valence-electron chi connectivity index (χ0n) is 20.4. The summed E-state index contributed by atoms with van der Waals surface area (Å²) in [7, 11) is 1.46. The van der Waals surface area contributed by atoms with Crippen LogP contribution in [0.3, 0.4) is 0 Å². The predicted octanol–water partition coefficient (Wildman–Crippen LogP) is 6.41. The van der Waals surface area contributed by atoms with Gasteiger partial charge in [-0.2, -0.15) is 0 Å². The molecule has 1 aliphatic heterocycles. The van der Waals surface area contributed by atoms with Crippen LogP contribution in [-0.4, -0.2) is 42.3 Å². The lowest BCUT2D eigenvalue weighted by Gasteiger charge is -2.14. The number of carbonyl (C=O) groups excluding carboxylic acids is 3. The molecule has 0 aliphatic carbocycles. The van der Waals surface area contributed by atoms with Gasteiger partial charge in [0.1, 0.15) is 12.4 Å². The minimum Gasteiger partial charge on any atom is -0.493 e. The molecule has 1 fully saturated rings. The van der Waals surface area contributed by atoms with Crippen LogP contribution in [0.15, 0.2) is 70.0 Å². The van der Waals surface area contributed by atoms with Crippen LogP contribution in [0.5, 0.6) is 17.2 Å². The monoisotopic (exact) mass is 581 g/mol. The molecule has 0 unspecified atom stereocenters. The number of esters is 1. The number of hydrogen-bond acceptors (Lipinski definition) is 7. The van der Waals surface area contributed by atoms with Crippen LogP contribution >= 0.6 is 27.7 Å². The molecule has 9 heteroatoms. The number of benzene rings is 3. The van der Waals surface area contributed by atoms with E-state index < -0.39 is 5.97 Å². The van der Waals surface area contributed by atoms with Gasteiger partial charge in [-0.3, -0.25) is 14.5 Å². The van der Waals surface area contributed by atoms with Gasteiger partial charge >= 0.3 is 5.97 Å². The Kier molecular flexibility index (Phi) is 8.35. The molecule has 2 amide bonds. The number of hydrogen-bond donors (Lipinski definition) is 0. The second kappa shape index (κ2) is 11.7. The van der Waals surface area contributed by atoms with Crippen LogP contribution in [0, 0.1) is 13.8 Å². The van der Waals surface area contributed by atoms with E-state index in [1.165, 1.54) is 12.0 Å². The van der Waals surface area contributed by atoms with Crippen molar-refractivity contribution in [3.8, 4) is 17.2 Å². The Balaban J connectivity index is 1.43. The van der Waals surface area contributed by atoms with Gasteiger partial charge in [-0.1, -0.05) is 40.2 Å². The molecule has 190 valence electrons. The van der Waals surface area contributed by atoms with E-state index in [0.717, 1.165) is 33.1 Å². The molecule has 1 saturated heterocycles. The highest BCUT2D eigenvalue weighted by molar-refractivity contribution is 9.10. The van der Waals surface area contributed by atoms with Crippen molar-refractivity contribution in [2.75, 3.05) is 20.3 Å². The van der Waals surface area contributed by atoms with E-state index in [9.17, 15) is 14.4 Å². The average Bonchev–Trinajstić information content (AvgIpc) is 3.14. The molecule has 1 aliphatic rings. The van der Waals surface area contributed by atoms with E-state index in [2.05, 4.69) is 15.9 Å². The van der Waals surface area contributed by atoms with E-state index in [1.807, 2.05) is 38.1 Å². The van der Waals surface area contributed by atoms with Gasteiger partial charge in [0.05, 0.1) is 24.1 Å². The topological polar surface area (TPSA) is 82.1 Å². The number of imide groups is 1. The third kappa shape index (κ3) is 6.42. The summed E-state index contributed by atoms with van der Waals surface area (Å²) < 4.78 is 17.5. The number of rotatable bonds is 8. The van der Waals surface area contributed by atoms with Crippen molar-refractivity contribution in [2.24, 2.45) is 0 Å². The van der Waals surface area contributed by atoms with Crippen molar-refractivity contribution < 1.29 is 28.6 Å². The Bertz CT molecular complexity index is 1400. The molecule has 1 heterocycles. The molecule has 37 heavy (non-hydrogen) atoms. The van der Waals surface area contributed by atoms with Gasteiger partial charge in [-0.05, 0) is 84.8 Å². The minimum atomic E-state index is -0.531. The summed E-state index contributed by atoms with van der Waals surface area (Å²) in [5.74, 6) is 0.370. The molecule has 0 aromatic heterocycles. The summed E-state index contributed by atoms with van der Waals surface area (Å²) >= 11 is 4.20. The highest BCUT2D eigenvalue weighted by atomic mass is 79.9. The third-order valence-electron chi connectivity index (χ3n) is 5.54. The molecule has 0 bridgehead atoms. The first-order valence-electron chi connectivity index (χ1n) is 11.4. The van der Waals surface area contributed by atoms with Gasteiger partial charge in [0, 0.05) is 4.47 Å². The van der Waals surface area contributed by atoms with Gasteiger partial charge in [0.15, 0.2) is 11.5 Å². The molecule has 3 aromatic carbocycles. The fraction of sp³-hybridized carbons (Fsp3) is 0.179. The maximum absolute atomic E-state index is 12.9. The number of nitrogens with zero attached hydrogens (tertiary/aromatic N) is 1. The molecule has 0 radical (unpaired) electrons. The maximum atomic E-state index is 12.9. The number of ether oxygens (including phenoxy) is 3. The average molecular weight is 582 g/mol. The largest absolute Gasteiger partial charge is 0.493 e. The van der Waals surface area contributed by atoms with Crippen LogP contribution in [-0.2, 0) is 4.79 Å². The van der Waals surface area contributed by atoms with Gasteiger partial charge < -0.3 is 14.2 Å². The summed E-state index contributed by atoms with van der Waals surface area (Å²) in [4.78, 5) is 39.4. The third-order valence-corrected chi connectivity index (χ3v) is 6.94. The molecular weight excluding hydrogens is 558 g/mol. The zero-order chi connectivity index (χ0) is 26.5. The lowest BCUT2D eigenvalue weighted by Crippen LogP contribution is -2.32. The second-order valence-corrected chi connectivity index (χ2v) is 10.2. The van der Waals surface area contributed by atoms with Crippen molar-refractivity contribution >= 4 is 50.9 Å². The van der Waals surface area contributed by atoms with E-state index in [1.54, 1.807) is 42.5 Å². The quantitative estimate of drug-likeness (QED) is 0.173. The van der Waals surface area contributed by atoms with Crippen LogP contribution in [0.25, 0.3) is 6.08 Å². The maximum Gasteiger partial charge on any atom is 0.343 e. The standard InChI is InChI=1S/C28H24BrNO6S/c1-17-7-8-18(2)23(13-17)35-12-11-30-26(31)25(37-28(30)33)15-19-9-10-22(24(14-19)34-3)36-27(32)20-5-4-6-21(29)16-20/h4-10,13-16H,11-12H2,1-3H3/b25-15-. The van der Waals surface area contributed by atoms with Crippen molar-refractivity contribution in [1.29, 1.82) is 0 Å². The number of halogens is 1. The van der Waals surface area contributed by atoms with Crippen LogP contribution < -0.4 is 14.2 Å². The summed E-state index contributed by atoms with van der Waals surface area (Å²) in [6, 6.07) is 17.7. The van der Waals surface area contributed by atoms with Crippen molar-refractivity contribution in [1.82, 2.24) is 4.90 Å². The summed E-state index contributed by atoms with van der Waals surface area (Å²) in [6.45, 7) is 4.25. The molecule has 0 N–H and O–H groups in total. The van der Waals surface area contributed by atoms with Gasteiger partial charge in [0.2, 0.25) is 0 Å². The Morgan fingerprint density at radius 3 is 2.57 bits per heavy atom. The van der Waals surface area contributed by atoms with Gasteiger partial charge in [0.25, 0.3) is 11.1 Å². The Hall–Kier alpha value is -3.56. The SMILES string of the molecule is COc1cc(/C=C2\SC(=O)N(CCOc3cc(C)ccc3C)C2=O)ccc1OC(=O)c1cccc(Br)c1. The first-order valence-corrected chi connectivity index (χ1v) is 13.0.